The van der Waals surface area contributed by atoms with Gasteiger partial charge in [0.15, 0.2) is 0 Å². The largest absolute Gasteiger partial charge is 0.292 e. The summed E-state index contributed by atoms with van der Waals surface area (Å²) in [5.41, 5.74) is 1.64. The predicted molar refractivity (Wildman–Crippen MR) is 43.9 cm³/mol. The van der Waals surface area contributed by atoms with E-state index in [4.69, 9.17) is 0 Å². The zero-order valence-electron chi connectivity index (χ0n) is 6.49. The lowest BCUT2D eigenvalue weighted by Gasteiger charge is -1.94. The van der Waals surface area contributed by atoms with Crippen LogP contribution in [-0.4, -0.2) is 30.2 Å². The number of rotatable bonds is 0. The molecule has 0 amide bonds. The van der Waals surface area contributed by atoms with Crippen molar-refractivity contribution >= 4 is 16.8 Å². The fraction of sp³-hybridized carbons (Fsp3) is 0. The van der Waals surface area contributed by atoms with E-state index in [1.54, 1.807) is 4.52 Å². The van der Waals surface area contributed by atoms with Crippen LogP contribution in [0.1, 0.15) is 0 Å². The molecule has 3 rings (SSSR count). The smallest absolute Gasteiger partial charge is 0.173 e. The van der Waals surface area contributed by atoms with Gasteiger partial charge in [0.25, 0.3) is 5.78 Å². The van der Waals surface area contributed by atoms with Crippen molar-refractivity contribution < 1.29 is 0 Å². The van der Waals surface area contributed by atoms with E-state index >= 15 is 0 Å². The van der Waals surface area contributed by atoms with E-state index in [9.17, 15) is 0 Å². The first kappa shape index (κ1) is 6.41. The van der Waals surface area contributed by atoms with Crippen LogP contribution in [-0.2, 0) is 0 Å². The molecule has 0 spiro atoms. The molecule has 0 atom stereocenters. The van der Waals surface area contributed by atoms with Crippen molar-refractivity contribution in [3.8, 4) is 0 Å². The molecular weight excluding hydrogens is 168 g/mol. The van der Waals surface area contributed by atoms with Crippen LogP contribution in [0, 0.1) is 0 Å². The minimum absolute atomic E-state index is 0.415. The molecule has 0 aliphatic rings. The summed E-state index contributed by atoms with van der Waals surface area (Å²) < 4.78 is 1.56. The van der Waals surface area contributed by atoms with E-state index in [0.717, 1.165) is 11.0 Å². The predicted octanol–water partition coefficient (Wildman–Crippen LogP) is 0.0675. The summed E-state index contributed by atoms with van der Waals surface area (Å²) in [6.45, 7) is 0. The standard InChI is InChI=1S/C7H4N6/c1-2-4-6-5(3-1)8-9-7-10-11-12-13(6)7/h1-4H. The molecule has 13 heavy (non-hydrogen) atoms. The lowest BCUT2D eigenvalue weighted by atomic mass is 10.3. The number of fused-ring (bicyclic) bond motifs is 3. The number of aromatic nitrogens is 6. The van der Waals surface area contributed by atoms with Crippen LogP contribution in [0.2, 0.25) is 0 Å². The molecule has 0 saturated carbocycles. The average Bonchev–Trinajstić information content (AvgIpc) is 2.65. The van der Waals surface area contributed by atoms with Crippen molar-refractivity contribution in [3.63, 3.8) is 0 Å². The monoisotopic (exact) mass is 172 g/mol. The molecule has 2 heterocycles. The van der Waals surface area contributed by atoms with Gasteiger partial charge in [0, 0.05) is 0 Å². The lowest BCUT2D eigenvalue weighted by Crippen LogP contribution is -1.95. The first-order valence-corrected chi connectivity index (χ1v) is 3.75. The summed E-state index contributed by atoms with van der Waals surface area (Å²) in [4.78, 5) is 0. The summed E-state index contributed by atoms with van der Waals surface area (Å²) in [6, 6.07) is 7.56. The lowest BCUT2D eigenvalue weighted by molar-refractivity contribution is 0.837. The molecule has 1 aromatic carbocycles. The number of nitrogens with zero attached hydrogens (tertiary/aromatic N) is 6. The Kier molecular flexibility index (Phi) is 1.08. The van der Waals surface area contributed by atoms with Gasteiger partial charge >= 0.3 is 0 Å². The third kappa shape index (κ3) is 0.792. The zero-order chi connectivity index (χ0) is 8.67. The van der Waals surface area contributed by atoms with E-state index in [2.05, 4.69) is 25.7 Å². The van der Waals surface area contributed by atoms with Crippen LogP contribution in [0.25, 0.3) is 16.8 Å². The molecule has 6 nitrogen and oxygen atoms in total. The molecule has 62 valence electrons. The third-order valence-electron chi connectivity index (χ3n) is 1.81. The SMILES string of the molecule is c1ccc2c(c1)nnc1nnnn12. The highest BCUT2D eigenvalue weighted by molar-refractivity contribution is 5.74. The van der Waals surface area contributed by atoms with Gasteiger partial charge in [0.2, 0.25) is 0 Å². The summed E-state index contributed by atoms with van der Waals surface area (Å²) in [5, 5.41) is 18.8. The van der Waals surface area contributed by atoms with Gasteiger partial charge < -0.3 is 0 Å². The Balaban J connectivity index is 2.65. The number of tetrazole rings is 1. The highest BCUT2D eigenvalue weighted by Crippen LogP contribution is 2.08. The normalized spacial score (nSPS) is 11.1. The molecule has 6 heteroatoms. The van der Waals surface area contributed by atoms with Gasteiger partial charge in [-0.05, 0) is 22.6 Å². The maximum absolute atomic E-state index is 3.97. The molecule has 0 radical (unpaired) electrons. The molecule has 0 aliphatic heterocycles. The summed E-state index contributed by atoms with van der Waals surface area (Å²) in [7, 11) is 0. The molecule has 0 bridgehead atoms. The van der Waals surface area contributed by atoms with E-state index in [-0.39, 0.29) is 0 Å². The van der Waals surface area contributed by atoms with E-state index in [0.29, 0.717) is 5.78 Å². The van der Waals surface area contributed by atoms with E-state index in [1.165, 1.54) is 0 Å². The second-order valence-corrected chi connectivity index (χ2v) is 2.58. The van der Waals surface area contributed by atoms with Crippen molar-refractivity contribution in [2.24, 2.45) is 0 Å². The van der Waals surface area contributed by atoms with Gasteiger partial charge in [-0.1, -0.05) is 17.2 Å². The molecule has 0 N–H and O–H groups in total. The van der Waals surface area contributed by atoms with Gasteiger partial charge in [-0.2, -0.15) is 4.52 Å². The second-order valence-electron chi connectivity index (χ2n) is 2.58. The fourth-order valence-corrected chi connectivity index (χ4v) is 1.23. The van der Waals surface area contributed by atoms with Crippen LogP contribution in [0.3, 0.4) is 0 Å². The second kappa shape index (κ2) is 2.19. The summed E-state index contributed by atoms with van der Waals surface area (Å²) >= 11 is 0. The van der Waals surface area contributed by atoms with Crippen LogP contribution < -0.4 is 0 Å². The van der Waals surface area contributed by atoms with E-state index < -0.39 is 0 Å². The highest BCUT2D eigenvalue weighted by Gasteiger charge is 2.03. The van der Waals surface area contributed by atoms with Gasteiger partial charge in [-0.3, -0.25) is 0 Å². The van der Waals surface area contributed by atoms with Crippen molar-refractivity contribution in [2.45, 2.75) is 0 Å². The van der Waals surface area contributed by atoms with Gasteiger partial charge in [-0.25, -0.2) is 0 Å². The van der Waals surface area contributed by atoms with Crippen LogP contribution >= 0.6 is 0 Å². The number of hydrogen-bond acceptors (Lipinski definition) is 5. The Bertz CT molecular complexity index is 571. The summed E-state index contributed by atoms with van der Waals surface area (Å²) in [6.07, 6.45) is 0. The Morgan fingerprint density at radius 2 is 1.92 bits per heavy atom. The molecule has 0 saturated heterocycles. The van der Waals surface area contributed by atoms with Crippen molar-refractivity contribution in [3.05, 3.63) is 24.3 Å². The van der Waals surface area contributed by atoms with Crippen LogP contribution in [0.4, 0.5) is 0 Å². The first-order chi connectivity index (χ1) is 6.45. The minimum atomic E-state index is 0.415. The Morgan fingerprint density at radius 1 is 1.00 bits per heavy atom. The van der Waals surface area contributed by atoms with Crippen molar-refractivity contribution in [1.29, 1.82) is 0 Å². The number of hydrogen-bond donors (Lipinski definition) is 0. The fourth-order valence-electron chi connectivity index (χ4n) is 1.23. The maximum atomic E-state index is 3.97. The average molecular weight is 172 g/mol. The van der Waals surface area contributed by atoms with Gasteiger partial charge in [-0.15, -0.1) is 10.2 Å². The first-order valence-electron chi connectivity index (χ1n) is 3.75. The van der Waals surface area contributed by atoms with Gasteiger partial charge in [0.1, 0.15) is 5.52 Å². The number of benzene rings is 1. The Morgan fingerprint density at radius 3 is 2.92 bits per heavy atom. The van der Waals surface area contributed by atoms with Crippen molar-refractivity contribution in [2.75, 3.05) is 0 Å². The van der Waals surface area contributed by atoms with Crippen LogP contribution in [0.5, 0.6) is 0 Å². The topological polar surface area (TPSA) is 68.9 Å². The molecule has 2 aromatic heterocycles. The third-order valence-corrected chi connectivity index (χ3v) is 1.81. The Labute approximate surface area is 72.2 Å². The van der Waals surface area contributed by atoms with Crippen LogP contribution in [0.15, 0.2) is 24.3 Å². The molecule has 0 unspecified atom stereocenters. The summed E-state index contributed by atoms with van der Waals surface area (Å²) in [5.74, 6) is 0.415. The molecule has 0 fully saturated rings. The van der Waals surface area contributed by atoms with Crippen molar-refractivity contribution in [1.82, 2.24) is 30.2 Å². The minimum Gasteiger partial charge on any atom is -0.173 e. The molecular formula is C7H4N6. The quantitative estimate of drug-likeness (QED) is 0.480. The molecule has 3 aromatic rings. The highest BCUT2D eigenvalue weighted by atomic mass is 15.5. The Hall–Kier alpha value is -2.11. The zero-order valence-corrected chi connectivity index (χ0v) is 6.49. The van der Waals surface area contributed by atoms with Gasteiger partial charge in [0.05, 0.1) is 5.52 Å². The maximum Gasteiger partial charge on any atom is 0.292 e. The molecule has 0 aliphatic carbocycles. The van der Waals surface area contributed by atoms with E-state index in [1.807, 2.05) is 24.3 Å². The number of para-hydroxylation sites is 1.